The predicted octanol–water partition coefficient (Wildman–Crippen LogP) is -0.159. The van der Waals surface area contributed by atoms with Gasteiger partial charge in [0.15, 0.2) is 0 Å². The molecule has 1 aromatic carbocycles. The fraction of sp³-hybridized carbons (Fsp3) is 0.0909. The van der Waals surface area contributed by atoms with Crippen molar-refractivity contribution in [2.75, 3.05) is 11.5 Å². The maximum absolute atomic E-state index is 12.0. The zero-order valence-corrected chi connectivity index (χ0v) is 11.8. The molecule has 0 bridgehead atoms. The van der Waals surface area contributed by atoms with Gasteiger partial charge in [-0.1, -0.05) is 30.0 Å². The van der Waals surface area contributed by atoms with Crippen molar-refractivity contribution in [3.05, 3.63) is 41.2 Å². The molecular formula is C11H9N7O3S. The Balaban J connectivity index is 1.76. The first-order chi connectivity index (χ1) is 10.7. The van der Waals surface area contributed by atoms with Crippen molar-refractivity contribution in [1.82, 2.24) is 25.4 Å². The molecule has 22 heavy (non-hydrogen) atoms. The van der Waals surface area contributed by atoms with Crippen LogP contribution in [-0.2, 0) is 0 Å². The number of thioether (sulfide) groups is 1. The third-order valence-corrected chi connectivity index (χ3v) is 3.60. The van der Waals surface area contributed by atoms with Crippen LogP contribution in [0.1, 0.15) is 10.5 Å². The van der Waals surface area contributed by atoms with Gasteiger partial charge in [0, 0.05) is 0 Å². The number of hydrogen-bond acceptors (Lipinski definition) is 9. The van der Waals surface area contributed by atoms with Gasteiger partial charge >= 0.3 is 5.82 Å². The van der Waals surface area contributed by atoms with Gasteiger partial charge in [-0.2, -0.15) is 4.68 Å². The number of anilines is 1. The van der Waals surface area contributed by atoms with E-state index in [2.05, 4.69) is 25.3 Å². The number of aromatic nitrogens is 6. The lowest BCUT2D eigenvalue weighted by Crippen LogP contribution is -2.32. The molecule has 3 rings (SSSR count). The Morgan fingerprint density at radius 1 is 1.41 bits per heavy atom. The summed E-state index contributed by atoms with van der Waals surface area (Å²) in [6.45, 7) is 0. The SMILES string of the molecule is Nc1no[n+]([O-])c1C(=O)CSc1nnnn1-c1ccccc1. The van der Waals surface area contributed by atoms with Crippen molar-refractivity contribution in [1.29, 1.82) is 0 Å². The van der Waals surface area contributed by atoms with E-state index >= 15 is 0 Å². The monoisotopic (exact) mass is 319 g/mol. The molecule has 3 aromatic rings. The Morgan fingerprint density at radius 2 is 2.18 bits per heavy atom. The molecule has 0 unspecified atom stereocenters. The van der Waals surface area contributed by atoms with Gasteiger partial charge in [-0.15, -0.1) is 5.10 Å². The van der Waals surface area contributed by atoms with E-state index in [4.69, 9.17) is 5.73 Å². The van der Waals surface area contributed by atoms with Crippen molar-refractivity contribution < 1.29 is 14.3 Å². The molecule has 2 N–H and O–H groups in total. The first kappa shape index (κ1) is 14.0. The molecule has 0 aliphatic heterocycles. The molecule has 0 aliphatic rings. The van der Waals surface area contributed by atoms with Crippen LogP contribution in [0.2, 0.25) is 0 Å². The molecule has 0 spiro atoms. The number of nitrogen functional groups attached to an aromatic ring is 1. The number of carbonyl (C=O) groups excluding carboxylic acids is 1. The molecule has 0 saturated carbocycles. The van der Waals surface area contributed by atoms with Gasteiger partial charge in [0.25, 0.3) is 5.69 Å². The average molecular weight is 319 g/mol. The smallest absolute Gasteiger partial charge is 0.316 e. The molecule has 0 radical (unpaired) electrons. The Labute approximate surface area is 127 Å². The number of carbonyl (C=O) groups is 1. The predicted molar refractivity (Wildman–Crippen MR) is 74.1 cm³/mol. The molecule has 0 aliphatic carbocycles. The van der Waals surface area contributed by atoms with E-state index in [1.807, 2.05) is 30.3 Å². The number of Topliss-reactive ketones (excluding diaryl/α,β-unsaturated/α-hetero) is 1. The molecular weight excluding hydrogens is 310 g/mol. The molecule has 112 valence electrons. The Kier molecular flexibility index (Phi) is 3.70. The van der Waals surface area contributed by atoms with Crippen molar-refractivity contribution in [2.45, 2.75) is 5.16 Å². The summed E-state index contributed by atoms with van der Waals surface area (Å²) in [5, 5.41) is 26.2. The third kappa shape index (κ3) is 2.61. The second kappa shape index (κ2) is 5.81. The van der Waals surface area contributed by atoms with Crippen LogP contribution in [0, 0.1) is 5.21 Å². The summed E-state index contributed by atoms with van der Waals surface area (Å²) in [5.41, 5.74) is 5.84. The summed E-state index contributed by atoms with van der Waals surface area (Å²) in [7, 11) is 0. The van der Waals surface area contributed by atoms with Gasteiger partial charge in [-0.05, 0) is 27.5 Å². The fourth-order valence-electron chi connectivity index (χ4n) is 1.70. The van der Waals surface area contributed by atoms with Gasteiger partial charge < -0.3 is 10.9 Å². The number of rotatable bonds is 5. The zero-order chi connectivity index (χ0) is 15.5. The van der Waals surface area contributed by atoms with Crippen LogP contribution in [0.4, 0.5) is 5.82 Å². The minimum Gasteiger partial charge on any atom is -0.359 e. The summed E-state index contributed by atoms with van der Waals surface area (Å²) < 4.78 is 5.74. The second-order valence-electron chi connectivity index (χ2n) is 4.08. The van der Waals surface area contributed by atoms with E-state index in [-0.39, 0.29) is 22.2 Å². The molecule has 11 heteroatoms. The van der Waals surface area contributed by atoms with Crippen molar-refractivity contribution in [3.8, 4) is 5.69 Å². The average Bonchev–Trinajstić information content (AvgIpc) is 3.12. The van der Waals surface area contributed by atoms with Gasteiger partial charge in [0.2, 0.25) is 10.9 Å². The summed E-state index contributed by atoms with van der Waals surface area (Å²) in [4.78, 5) is 12.0. The van der Waals surface area contributed by atoms with Crippen molar-refractivity contribution >= 4 is 23.4 Å². The normalized spacial score (nSPS) is 10.7. The summed E-state index contributed by atoms with van der Waals surface area (Å²) in [6.07, 6.45) is 0. The molecule has 0 fully saturated rings. The van der Waals surface area contributed by atoms with Crippen LogP contribution in [0.15, 0.2) is 40.1 Å². The lowest BCUT2D eigenvalue weighted by Gasteiger charge is -2.02. The van der Waals surface area contributed by atoms with Crippen molar-refractivity contribution in [2.24, 2.45) is 0 Å². The van der Waals surface area contributed by atoms with Crippen LogP contribution >= 0.6 is 11.8 Å². The Bertz CT molecular complexity index is 782. The molecule has 10 nitrogen and oxygen atoms in total. The number of hydrogen-bond donors (Lipinski definition) is 1. The van der Waals surface area contributed by atoms with Gasteiger partial charge in [-0.3, -0.25) is 9.42 Å². The highest BCUT2D eigenvalue weighted by atomic mass is 32.2. The van der Waals surface area contributed by atoms with Crippen LogP contribution in [-0.4, -0.2) is 36.9 Å². The number of benzene rings is 1. The Hall–Kier alpha value is -2.95. The lowest BCUT2D eigenvalue weighted by atomic mass is 10.3. The largest absolute Gasteiger partial charge is 0.359 e. The number of ketones is 1. The topological polar surface area (TPSA) is 140 Å². The van der Waals surface area contributed by atoms with Gasteiger partial charge in [-0.25, -0.2) is 0 Å². The van der Waals surface area contributed by atoms with E-state index in [0.717, 1.165) is 17.4 Å². The van der Waals surface area contributed by atoms with E-state index in [1.54, 1.807) is 0 Å². The van der Waals surface area contributed by atoms with E-state index < -0.39 is 5.78 Å². The number of tetrazole rings is 1. The van der Waals surface area contributed by atoms with Crippen molar-refractivity contribution in [3.63, 3.8) is 0 Å². The molecule has 0 amide bonds. The maximum atomic E-state index is 12.0. The highest BCUT2D eigenvalue weighted by Crippen LogP contribution is 2.19. The van der Waals surface area contributed by atoms with Crippen LogP contribution in [0.25, 0.3) is 5.69 Å². The van der Waals surface area contributed by atoms with E-state index in [9.17, 15) is 10.0 Å². The van der Waals surface area contributed by atoms with Crippen LogP contribution in [0.3, 0.4) is 0 Å². The Morgan fingerprint density at radius 3 is 2.86 bits per heavy atom. The molecule has 2 aromatic heterocycles. The quantitative estimate of drug-likeness (QED) is 0.386. The maximum Gasteiger partial charge on any atom is 0.316 e. The first-order valence-electron chi connectivity index (χ1n) is 6.02. The lowest BCUT2D eigenvalue weighted by molar-refractivity contribution is -0.803. The number of nitrogens with zero attached hydrogens (tertiary/aromatic N) is 6. The van der Waals surface area contributed by atoms with Gasteiger partial charge in [0.05, 0.1) is 16.6 Å². The molecule has 0 saturated heterocycles. The third-order valence-electron chi connectivity index (χ3n) is 2.68. The number of para-hydroxylation sites is 1. The second-order valence-corrected chi connectivity index (χ2v) is 5.03. The van der Waals surface area contributed by atoms with Gasteiger partial charge in [0.1, 0.15) is 0 Å². The van der Waals surface area contributed by atoms with E-state index in [1.165, 1.54) is 4.68 Å². The number of nitrogens with two attached hydrogens (primary N) is 1. The molecule has 0 atom stereocenters. The van der Waals surface area contributed by atoms with Crippen LogP contribution in [0.5, 0.6) is 0 Å². The standard InChI is InChI=1S/C11H9N7O3S/c12-10-9(18(20)21-14-10)8(19)6-22-11-13-15-16-17(11)7-4-2-1-3-5-7/h1-5H,6H2,(H2,12,14). The summed E-state index contributed by atoms with van der Waals surface area (Å²) in [5.74, 6) is -0.856. The minimum absolute atomic E-state index is 0.0155. The van der Waals surface area contributed by atoms with Crippen LogP contribution < -0.4 is 10.6 Å². The summed E-state index contributed by atoms with van der Waals surface area (Å²) in [6, 6.07) is 9.20. The first-order valence-corrected chi connectivity index (χ1v) is 7.00. The zero-order valence-electron chi connectivity index (χ0n) is 11.0. The highest BCUT2D eigenvalue weighted by molar-refractivity contribution is 7.99. The summed E-state index contributed by atoms with van der Waals surface area (Å²) >= 11 is 1.07. The highest BCUT2D eigenvalue weighted by Gasteiger charge is 2.25. The minimum atomic E-state index is -0.527. The van der Waals surface area contributed by atoms with E-state index in [0.29, 0.717) is 5.16 Å². The molecule has 2 heterocycles. The fourth-order valence-corrected chi connectivity index (χ4v) is 2.46.